The average Bonchev–Trinajstić information content (AvgIpc) is 3.40. The van der Waals surface area contributed by atoms with Gasteiger partial charge in [-0.3, -0.25) is 5.10 Å². The van der Waals surface area contributed by atoms with Crippen LogP contribution in [0, 0.1) is 0 Å². The number of H-pyrrole nitrogens is 1. The first-order valence-corrected chi connectivity index (χ1v) is 9.31. The molecular weight excluding hydrogens is 354 g/mol. The summed E-state index contributed by atoms with van der Waals surface area (Å²) in [5.41, 5.74) is 2.75. The van der Waals surface area contributed by atoms with E-state index in [0.717, 1.165) is 60.1 Å². The zero-order valence-corrected chi connectivity index (χ0v) is 15.6. The fourth-order valence-corrected chi connectivity index (χ4v) is 3.38. The summed E-state index contributed by atoms with van der Waals surface area (Å²) in [4.78, 5) is 14.2. The van der Waals surface area contributed by atoms with E-state index >= 15 is 0 Å². The van der Waals surface area contributed by atoms with Crippen LogP contribution in [0.4, 0.5) is 17.6 Å². The van der Waals surface area contributed by atoms with E-state index in [2.05, 4.69) is 32.4 Å². The summed E-state index contributed by atoms with van der Waals surface area (Å²) in [6.45, 7) is 3.85. The Bertz CT molecular complexity index is 1080. The number of piperazine rings is 1. The molecule has 0 atom stereocenters. The highest BCUT2D eigenvalue weighted by molar-refractivity contribution is 5.91. The van der Waals surface area contributed by atoms with Gasteiger partial charge in [-0.15, -0.1) is 0 Å². The van der Waals surface area contributed by atoms with Crippen LogP contribution >= 0.6 is 0 Å². The van der Waals surface area contributed by atoms with Crippen LogP contribution in [-0.4, -0.2) is 58.3 Å². The quantitative estimate of drug-likeness (QED) is 0.567. The van der Waals surface area contributed by atoms with Gasteiger partial charge in [0.1, 0.15) is 5.82 Å². The Hall–Kier alpha value is -3.39. The Kier molecular flexibility index (Phi) is 4.17. The molecule has 0 bridgehead atoms. The van der Waals surface area contributed by atoms with E-state index in [-0.39, 0.29) is 0 Å². The summed E-state index contributed by atoms with van der Waals surface area (Å²) in [5.74, 6) is 2.20. The topological polar surface area (TPSA) is 86.1 Å². The van der Waals surface area contributed by atoms with Crippen molar-refractivity contribution in [1.29, 1.82) is 0 Å². The van der Waals surface area contributed by atoms with Crippen molar-refractivity contribution in [2.45, 2.75) is 0 Å². The maximum atomic E-state index is 5.15. The summed E-state index contributed by atoms with van der Waals surface area (Å²) in [5, 5.41) is 11.7. The third kappa shape index (κ3) is 3.18. The first-order valence-electron chi connectivity index (χ1n) is 9.31. The number of benzene rings is 1. The fraction of sp³-hybridized carbons (Fsp3) is 0.250. The predicted octanol–water partition coefficient (Wildman–Crippen LogP) is 3.11. The van der Waals surface area contributed by atoms with E-state index < -0.39 is 0 Å². The van der Waals surface area contributed by atoms with Gasteiger partial charge in [-0.2, -0.15) is 10.1 Å². The lowest BCUT2D eigenvalue weighted by Crippen LogP contribution is -2.45. The Morgan fingerprint density at radius 3 is 2.75 bits per heavy atom. The number of para-hydroxylation sites is 1. The van der Waals surface area contributed by atoms with Crippen molar-refractivity contribution < 1.29 is 4.42 Å². The van der Waals surface area contributed by atoms with Gasteiger partial charge in [0.05, 0.1) is 23.7 Å². The van der Waals surface area contributed by atoms with Crippen molar-refractivity contribution in [3.8, 4) is 11.3 Å². The lowest BCUT2D eigenvalue weighted by molar-refractivity contribution is 0.311. The van der Waals surface area contributed by atoms with E-state index in [4.69, 9.17) is 14.4 Å². The van der Waals surface area contributed by atoms with Gasteiger partial charge in [-0.1, -0.05) is 12.1 Å². The van der Waals surface area contributed by atoms with Crippen molar-refractivity contribution in [3.05, 3.63) is 48.9 Å². The number of nitrogens with zero attached hydrogens (tertiary/aromatic N) is 5. The van der Waals surface area contributed by atoms with Crippen LogP contribution in [0.25, 0.3) is 22.2 Å². The van der Waals surface area contributed by atoms with Crippen molar-refractivity contribution in [1.82, 2.24) is 25.1 Å². The third-order valence-corrected chi connectivity index (χ3v) is 5.03. The smallest absolute Gasteiger partial charge is 0.227 e. The molecule has 1 aromatic carbocycles. The van der Waals surface area contributed by atoms with E-state index in [1.807, 2.05) is 36.4 Å². The highest BCUT2D eigenvalue weighted by Gasteiger charge is 2.19. The molecule has 0 amide bonds. The lowest BCUT2D eigenvalue weighted by Gasteiger charge is -2.32. The summed E-state index contributed by atoms with van der Waals surface area (Å²) < 4.78 is 5.15. The van der Waals surface area contributed by atoms with E-state index in [1.165, 1.54) is 0 Å². The van der Waals surface area contributed by atoms with Gasteiger partial charge in [0.15, 0.2) is 5.82 Å². The van der Waals surface area contributed by atoms with Crippen LogP contribution < -0.4 is 10.2 Å². The van der Waals surface area contributed by atoms with Crippen LogP contribution in [0.5, 0.6) is 0 Å². The largest absolute Gasteiger partial charge is 0.472 e. The molecule has 2 N–H and O–H groups in total. The number of hydrogen-bond acceptors (Lipinski definition) is 7. The standard InChI is InChI=1S/C20H21N7O/c1-26-7-9-27(10-8-26)20-21-16-5-3-2-4-15(16)19(23-20)22-18-12-17(24-25-18)14-6-11-28-13-14/h2-6,11-13H,7-10H2,1H3,(H2,21,22,23,24,25). The predicted molar refractivity (Wildman–Crippen MR) is 109 cm³/mol. The van der Waals surface area contributed by atoms with Crippen LogP contribution in [0.15, 0.2) is 53.3 Å². The fourth-order valence-electron chi connectivity index (χ4n) is 3.38. The second kappa shape index (κ2) is 6.97. The highest BCUT2D eigenvalue weighted by atomic mass is 16.3. The molecule has 0 unspecified atom stereocenters. The first kappa shape index (κ1) is 16.8. The zero-order valence-electron chi connectivity index (χ0n) is 15.6. The van der Waals surface area contributed by atoms with Gasteiger partial charge < -0.3 is 19.5 Å². The molecule has 0 aliphatic carbocycles. The van der Waals surface area contributed by atoms with Gasteiger partial charge in [-0.25, -0.2) is 4.98 Å². The van der Waals surface area contributed by atoms with Crippen LogP contribution in [0.3, 0.4) is 0 Å². The molecule has 28 heavy (non-hydrogen) atoms. The normalized spacial score (nSPS) is 15.2. The van der Waals surface area contributed by atoms with Gasteiger partial charge >= 0.3 is 0 Å². The van der Waals surface area contributed by atoms with Crippen LogP contribution in [0.1, 0.15) is 0 Å². The molecule has 1 saturated heterocycles. The van der Waals surface area contributed by atoms with Gasteiger partial charge in [-0.05, 0) is 25.2 Å². The molecule has 1 aliphatic rings. The molecule has 0 saturated carbocycles. The number of fused-ring (bicyclic) bond motifs is 1. The second-order valence-electron chi connectivity index (χ2n) is 6.98. The molecule has 8 heteroatoms. The zero-order chi connectivity index (χ0) is 18.9. The van der Waals surface area contributed by atoms with E-state index in [9.17, 15) is 0 Å². The molecule has 0 radical (unpaired) electrons. The minimum absolute atomic E-state index is 0.699. The first-order chi connectivity index (χ1) is 13.8. The summed E-state index contributed by atoms with van der Waals surface area (Å²) in [6.07, 6.45) is 3.33. The number of rotatable bonds is 4. The molecule has 4 heterocycles. The van der Waals surface area contributed by atoms with Crippen molar-refractivity contribution in [2.75, 3.05) is 43.4 Å². The van der Waals surface area contributed by atoms with Gasteiger partial charge in [0.25, 0.3) is 0 Å². The van der Waals surface area contributed by atoms with Crippen LogP contribution in [-0.2, 0) is 0 Å². The molecule has 4 aromatic rings. The number of anilines is 3. The number of furan rings is 1. The van der Waals surface area contributed by atoms with Crippen molar-refractivity contribution in [2.24, 2.45) is 0 Å². The number of aromatic nitrogens is 4. The average molecular weight is 375 g/mol. The van der Waals surface area contributed by atoms with Crippen LogP contribution in [0.2, 0.25) is 0 Å². The highest BCUT2D eigenvalue weighted by Crippen LogP contribution is 2.28. The molecule has 1 fully saturated rings. The molecule has 0 spiro atoms. The SMILES string of the molecule is CN1CCN(c2nc(Nc3cc(-c4ccoc4)[nH]n3)c3ccccc3n2)CC1. The Balaban J connectivity index is 1.49. The minimum Gasteiger partial charge on any atom is -0.472 e. The molecule has 142 valence electrons. The van der Waals surface area contributed by atoms with E-state index in [0.29, 0.717) is 5.82 Å². The number of nitrogens with one attached hydrogen (secondary N) is 2. The van der Waals surface area contributed by atoms with Crippen molar-refractivity contribution in [3.63, 3.8) is 0 Å². The number of hydrogen-bond donors (Lipinski definition) is 2. The van der Waals surface area contributed by atoms with Gasteiger partial charge in [0.2, 0.25) is 5.95 Å². The Labute approximate surface area is 162 Å². The maximum absolute atomic E-state index is 5.15. The van der Waals surface area contributed by atoms with Gasteiger partial charge in [0, 0.05) is 43.2 Å². The molecular formula is C20H21N7O. The number of likely N-dealkylation sites (N-methyl/N-ethyl adjacent to an activating group) is 1. The Morgan fingerprint density at radius 2 is 1.93 bits per heavy atom. The molecule has 5 rings (SSSR count). The van der Waals surface area contributed by atoms with E-state index in [1.54, 1.807) is 12.5 Å². The summed E-state index contributed by atoms with van der Waals surface area (Å²) in [6, 6.07) is 11.9. The molecule has 1 aliphatic heterocycles. The lowest BCUT2D eigenvalue weighted by atomic mass is 10.2. The monoisotopic (exact) mass is 375 g/mol. The second-order valence-corrected chi connectivity index (χ2v) is 6.98. The third-order valence-electron chi connectivity index (χ3n) is 5.03. The Morgan fingerprint density at radius 1 is 1.07 bits per heavy atom. The number of aromatic amines is 1. The maximum Gasteiger partial charge on any atom is 0.227 e. The molecule has 3 aromatic heterocycles. The summed E-state index contributed by atoms with van der Waals surface area (Å²) >= 11 is 0. The van der Waals surface area contributed by atoms with Crippen molar-refractivity contribution >= 4 is 28.5 Å². The minimum atomic E-state index is 0.699. The summed E-state index contributed by atoms with van der Waals surface area (Å²) in [7, 11) is 2.14. The molecule has 8 nitrogen and oxygen atoms in total.